The molecular formula is C33H30N6O4. The molecule has 2 N–H and O–H groups in total. The van der Waals surface area contributed by atoms with Crippen molar-refractivity contribution >= 4 is 28.2 Å². The van der Waals surface area contributed by atoms with Gasteiger partial charge in [-0.25, -0.2) is 9.97 Å². The van der Waals surface area contributed by atoms with Crippen molar-refractivity contribution in [1.82, 2.24) is 29.6 Å². The molecule has 1 aliphatic rings. The summed E-state index contributed by atoms with van der Waals surface area (Å²) in [4.78, 5) is 48.7. The Morgan fingerprint density at radius 2 is 1.98 bits per heavy atom. The van der Waals surface area contributed by atoms with E-state index >= 15 is 0 Å². The van der Waals surface area contributed by atoms with Crippen LogP contribution in [-0.4, -0.2) is 50.0 Å². The number of aryl methyl sites for hydroxylation is 1. The van der Waals surface area contributed by atoms with Crippen molar-refractivity contribution in [3.05, 3.63) is 106 Å². The van der Waals surface area contributed by atoms with E-state index in [0.717, 1.165) is 6.42 Å². The van der Waals surface area contributed by atoms with E-state index < -0.39 is 12.1 Å². The van der Waals surface area contributed by atoms with E-state index in [1.165, 1.54) is 0 Å². The van der Waals surface area contributed by atoms with E-state index in [9.17, 15) is 14.4 Å². The van der Waals surface area contributed by atoms with Gasteiger partial charge in [-0.05, 0) is 56.3 Å². The van der Waals surface area contributed by atoms with Crippen LogP contribution in [0.5, 0.6) is 0 Å². The lowest BCUT2D eigenvalue weighted by Gasteiger charge is -2.21. The second kappa shape index (κ2) is 11.9. The monoisotopic (exact) mass is 574 g/mol. The largest absolute Gasteiger partial charge is 0.368 e. The molecule has 10 heteroatoms. The Morgan fingerprint density at radius 3 is 2.77 bits per heavy atom. The summed E-state index contributed by atoms with van der Waals surface area (Å²) in [5.74, 6) is 5.53. The number of ether oxygens (including phenoxy) is 1. The fraction of sp³-hybridized carbons (Fsp3) is 0.242. The van der Waals surface area contributed by atoms with Crippen LogP contribution < -0.4 is 16.2 Å². The van der Waals surface area contributed by atoms with Gasteiger partial charge in [-0.2, -0.15) is 0 Å². The normalized spacial score (nSPS) is 15.2. The third-order valence-electron chi connectivity index (χ3n) is 7.53. The Kier molecular flexibility index (Phi) is 7.73. The molecule has 10 nitrogen and oxygen atoms in total. The first-order valence-electron chi connectivity index (χ1n) is 14.1. The fourth-order valence-electron chi connectivity index (χ4n) is 5.40. The molecule has 2 amide bonds. The average molecular weight is 575 g/mol. The van der Waals surface area contributed by atoms with Crippen molar-refractivity contribution in [2.75, 3.05) is 13.2 Å². The summed E-state index contributed by atoms with van der Waals surface area (Å²) < 4.78 is 8.72. The van der Waals surface area contributed by atoms with Gasteiger partial charge >= 0.3 is 0 Å². The SMILES string of the molecule is Cc1ncn2ccnc2c1C(=O)N[C@@H](C)c1cc2cccc(C#CCNC(=O)[C@H]3CCCO3)c2c(=O)n1-c1ccccc1. The van der Waals surface area contributed by atoms with Crippen LogP contribution in [0.2, 0.25) is 0 Å². The molecule has 43 heavy (non-hydrogen) atoms. The minimum absolute atomic E-state index is 0.140. The van der Waals surface area contributed by atoms with Crippen LogP contribution in [0, 0.1) is 18.8 Å². The number of hydrogen-bond donors (Lipinski definition) is 2. The second-order valence-electron chi connectivity index (χ2n) is 10.4. The molecule has 2 aromatic carbocycles. The molecule has 0 radical (unpaired) electrons. The second-order valence-corrected chi connectivity index (χ2v) is 10.4. The average Bonchev–Trinajstić information content (AvgIpc) is 3.72. The quantitative estimate of drug-likeness (QED) is 0.300. The summed E-state index contributed by atoms with van der Waals surface area (Å²) >= 11 is 0. The van der Waals surface area contributed by atoms with Gasteiger partial charge in [-0.3, -0.25) is 23.4 Å². The molecule has 216 valence electrons. The number of fused-ring (bicyclic) bond motifs is 2. The zero-order valence-electron chi connectivity index (χ0n) is 23.8. The number of carbonyl (C=O) groups is 2. The predicted octanol–water partition coefficient (Wildman–Crippen LogP) is 3.48. The number of aromatic nitrogens is 4. The van der Waals surface area contributed by atoms with Crippen LogP contribution in [-0.2, 0) is 9.53 Å². The molecule has 6 rings (SSSR count). The van der Waals surface area contributed by atoms with Crippen LogP contribution >= 0.6 is 0 Å². The highest BCUT2D eigenvalue weighted by Crippen LogP contribution is 2.24. The number of benzene rings is 2. The number of amides is 2. The van der Waals surface area contributed by atoms with Crippen molar-refractivity contribution in [3.8, 4) is 17.5 Å². The van der Waals surface area contributed by atoms with E-state index in [4.69, 9.17) is 4.74 Å². The number of imidazole rings is 1. The molecule has 0 saturated carbocycles. The van der Waals surface area contributed by atoms with Crippen molar-refractivity contribution in [1.29, 1.82) is 0 Å². The van der Waals surface area contributed by atoms with E-state index in [1.807, 2.05) is 55.5 Å². The van der Waals surface area contributed by atoms with Crippen LogP contribution in [0.1, 0.15) is 53.1 Å². The van der Waals surface area contributed by atoms with Crippen molar-refractivity contribution < 1.29 is 14.3 Å². The molecule has 2 atom stereocenters. The first-order chi connectivity index (χ1) is 20.9. The molecule has 0 spiro atoms. The maximum atomic E-state index is 14.2. The van der Waals surface area contributed by atoms with Gasteiger partial charge in [0.15, 0.2) is 5.65 Å². The van der Waals surface area contributed by atoms with E-state index in [1.54, 1.807) is 40.7 Å². The Hall–Kier alpha value is -5.27. The molecule has 3 aromatic heterocycles. The summed E-state index contributed by atoms with van der Waals surface area (Å²) in [5, 5.41) is 6.99. The van der Waals surface area contributed by atoms with Gasteiger partial charge in [0.2, 0.25) is 5.91 Å². The summed E-state index contributed by atoms with van der Waals surface area (Å²) in [6.07, 6.45) is 6.12. The van der Waals surface area contributed by atoms with Crippen LogP contribution in [0.15, 0.2) is 78.1 Å². The lowest BCUT2D eigenvalue weighted by Crippen LogP contribution is -2.34. The minimum atomic E-state index is -0.554. The van der Waals surface area contributed by atoms with Crippen LogP contribution in [0.4, 0.5) is 0 Å². The Labute approximate surface area is 247 Å². The van der Waals surface area contributed by atoms with Gasteiger partial charge in [0, 0.05) is 35.9 Å². The molecule has 4 heterocycles. The summed E-state index contributed by atoms with van der Waals surface area (Å²) in [7, 11) is 0. The zero-order chi connectivity index (χ0) is 29.9. The van der Waals surface area contributed by atoms with Crippen LogP contribution in [0.25, 0.3) is 22.1 Å². The van der Waals surface area contributed by atoms with Gasteiger partial charge in [0.05, 0.1) is 23.7 Å². The number of carbonyl (C=O) groups excluding carboxylic acids is 2. The first kappa shape index (κ1) is 27.9. The maximum absolute atomic E-state index is 14.2. The molecule has 0 aliphatic carbocycles. The number of rotatable bonds is 6. The third kappa shape index (κ3) is 5.50. The van der Waals surface area contributed by atoms with E-state index in [-0.39, 0.29) is 23.9 Å². The molecular weight excluding hydrogens is 544 g/mol. The zero-order valence-corrected chi connectivity index (χ0v) is 23.8. The van der Waals surface area contributed by atoms with Gasteiger partial charge < -0.3 is 15.4 Å². The first-order valence-corrected chi connectivity index (χ1v) is 14.1. The highest BCUT2D eigenvalue weighted by atomic mass is 16.5. The molecule has 0 unspecified atom stereocenters. The molecule has 1 saturated heterocycles. The standard InChI is InChI=1S/C33H30N6O4/c1-21(37-32(41)28-22(2)36-20-38-17-16-34-30(28)38)26-19-24-10-6-9-23(11-7-15-35-31(40)27-14-8-18-43-27)29(24)33(42)39(26)25-12-4-3-5-13-25/h3-6,9-10,12-13,16-17,19-21,27H,8,14-15,18H2,1-2H3,(H,35,40)(H,37,41)/t21-,27+/m0/s1. The van der Waals surface area contributed by atoms with Crippen molar-refractivity contribution in [2.45, 2.75) is 38.8 Å². The lowest BCUT2D eigenvalue weighted by atomic mass is 10.0. The smallest absolute Gasteiger partial charge is 0.264 e. The number of hydrogen-bond acceptors (Lipinski definition) is 6. The van der Waals surface area contributed by atoms with Gasteiger partial charge in [-0.1, -0.05) is 42.2 Å². The lowest BCUT2D eigenvalue weighted by molar-refractivity contribution is -0.129. The summed E-state index contributed by atoms with van der Waals surface area (Å²) in [5.41, 5.74) is 2.98. The van der Waals surface area contributed by atoms with E-state index in [0.29, 0.717) is 57.6 Å². The van der Waals surface area contributed by atoms with E-state index in [2.05, 4.69) is 32.4 Å². The summed E-state index contributed by atoms with van der Waals surface area (Å²) in [6, 6.07) is 16.1. The van der Waals surface area contributed by atoms with Crippen molar-refractivity contribution in [3.63, 3.8) is 0 Å². The minimum Gasteiger partial charge on any atom is -0.368 e. The van der Waals surface area contributed by atoms with Gasteiger partial charge in [0.25, 0.3) is 11.5 Å². The summed E-state index contributed by atoms with van der Waals surface area (Å²) in [6.45, 7) is 4.34. The number of nitrogens with zero attached hydrogens (tertiary/aromatic N) is 4. The highest BCUT2D eigenvalue weighted by Gasteiger charge is 2.24. The Bertz CT molecular complexity index is 1960. The fourth-order valence-corrected chi connectivity index (χ4v) is 5.40. The molecule has 5 aromatic rings. The highest BCUT2D eigenvalue weighted by molar-refractivity contribution is 6.01. The maximum Gasteiger partial charge on any atom is 0.264 e. The van der Waals surface area contributed by atoms with Gasteiger partial charge in [-0.15, -0.1) is 0 Å². The topological polar surface area (TPSA) is 120 Å². The molecule has 0 bridgehead atoms. The Morgan fingerprint density at radius 1 is 1.14 bits per heavy atom. The molecule has 1 aliphatic heterocycles. The number of pyridine rings is 1. The Balaban J connectivity index is 1.37. The van der Waals surface area contributed by atoms with Crippen molar-refractivity contribution in [2.24, 2.45) is 0 Å². The third-order valence-corrected chi connectivity index (χ3v) is 7.53. The number of nitrogens with one attached hydrogen (secondary N) is 2. The predicted molar refractivity (Wildman–Crippen MR) is 162 cm³/mol. The molecule has 1 fully saturated rings. The van der Waals surface area contributed by atoms with Gasteiger partial charge in [0.1, 0.15) is 18.0 Å². The van der Waals surface area contributed by atoms with Crippen LogP contribution in [0.3, 0.4) is 0 Å². The number of para-hydroxylation sites is 1.